The van der Waals surface area contributed by atoms with Crippen LogP contribution in [0.15, 0.2) is 6.07 Å². The van der Waals surface area contributed by atoms with Crippen LogP contribution in [-0.2, 0) is 4.74 Å². The molecule has 0 unspecified atom stereocenters. The summed E-state index contributed by atoms with van der Waals surface area (Å²) in [4.78, 5) is 31.1. The van der Waals surface area contributed by atoms with E-state index in [0.29, 0.717) is 24.8 Å². The number of carbonyl (C=O) groups is 1. The fraction of sp³-hybridized carbons (Fsp3) is 0.600. The van der Waals surface area contributed by atoms with Gasteiger partial charge in [0.25, 0.3) is 5.91 Å². The minimum absolute atomic E-state index is 0.0843. The number of pyridine rings is 1. The highest BCUT2D eigenvalue weighted by Crippen LogP contribution is 2.28. The van der Waals surface area contributed by atoms with Crippen LogP contribution in [0.1, 0.15) is 41.6 Å². The number of fused-ring (bicyclic) bond motifs is 1. The molecule has 0 N–H and O–H groups in total. The molecule has 0 spiro atoms. The molecule has 0 bridgehead atoms. The van der Waals surface area contributed by atoms with Crippen LogP contribution in [0.3, 0.4) is 0 Å². The predicted octanol–water partition coefficient (Wildman–Crippen LogP) is 2.35. The lowest BCUT2D eigenvalue weighted by molar-refractivity contribution is 0.0671. The molecule has 2 saturated heterocycles. The summed E-state index contributed by atoms with van der Waals surface area (Å²) in [5.41, 5.74) is 2.60. The maximum absolute atomic E-state index is 13.1. The Bertz CT molecular complexity index is 863. The molecule has 2 fully saturated rings. The third kappa shape index (κ3) is 3.60. The number of ether oxygens (including phenoxy) is 1. The van der Waals surface area contributed by atoms with Gasteiger partial charge < -0.3 is 14.5 Å². The highest BCUT2D eigenvalue weighted by atomic mass is 16.5. The van der Waals surface area contributed by atoms with Crippen LogP contribution in [-0.4, -0.2) is 65.2 Å². The van der Waals surface area contributed by atoms with E-state index in [1.807, 2.05) is 17.9 Å². The van der Waals surface area contributed by atoms with Gasteiger partial charge in [0.2, 0.25) is 5.82 Å². The molecular weight excluding hydrogens is 342 g/mol. The van der Waals surface area contributed by atoms with Gasteiger partial charge in [-0.05, 0) is 44.2 Å². The van der Waals surface area contributed by atoms with Gasteiger partial charge in [0.15, 0.2) is 5.65 Å². The second-order valence-electron chi connectivity index (χ2n) is 7.75. The maximum atomic E-state index is 13.1. The van der Waals surface area contributed by atoms with E-state index >= 15 is 0 Å². The van der Waals surface area contributed by atoms with E-state index in [9.17, 15) is 4.79 Å². The van der Waals surface area contributed by atoms with Gasteiger partial charge in [-0.15, -0.1) is 0 Å². The Morgan fingerprint density at radius 3 is 2.67 bits per heavy atom. The van der Waals surface area contributed by atoms with Gasteiger partial charge in [-0.25, -0.2) is 15.0 Å². The van der Waals surface area contributed by atoms with E-state index in [4.69, 9.17) is 9.72 Å². The average molecular weight is 369 g/mol. The second-order valence-corrected chi connectivity index (χ2v) is 7.75. The van der Waals surface area contributed by atoms with Crippen LogP contribution < -0.4 is 4.90 Å². The highest BCUT2D eigenvalue weighted by Gasteiger charge is 2.27. The molecule has 0 saturated carbocycles. The zero-order chi connectivity index (χ0) is 19.0. The third-order valence-corrected chi connectivity index (χ3v) is 5.42. The summed E-state index contributed by atoms with van der Waals surface area (Å²) in [5.74, 6) is 1.50. The monoisotopic (exact) mass is 369 g/mol. The lowest BCUT2D eigenvalue weighted by Gasteiger charge is -2.31. The van der Waals surface area contributed by atoms with E-state index in [1.54, 1.807) is 0 Å². The van der Waals surface area contributed by atoms with Crippen molar-refractivity contribution >= 4 is 22.8 Å². The fourth-order valence-electron chi connectivity index (χ4n) is 4.07. The van der Waals surface area contributed by atoms with E-state index in [0.717, 1.165) is 55.1 Å². The van der Waals surface area contributed by atoms with Crippen LogP contribution in [0.2, 0.25) is 0 Å². The zero-order valence-corrected chi connectivity index (χ0v) is 16.4. The van der Waals surface area contributed by atoms with Crippen LogP contribution in [0, 0.1) is 19.8 Å². The standard InChI is InChI=1S/C20H27N5O2/c1-13-5-4-6-25(12-13)20(26)18-22-17-16(14(2)11-15(3)21-17)19(23-18)24-7-9-27-10-8-24/h11,13H,4-10,12H2,1-3H3/t13-/m1/s1. The Morgan fingerprint density at radius 2 is 1.93 bits per heavy atom. The molecule has 7 heteroatoms. The maximum Gasteiger partial charge on any atom is 0.291 e. The quantitative estimate of drug-likeness (QED) is 0.809. The van der Waals surface area contributed by atoms with Crippen molar-refractivity contribution in [2.24, 2.45) is 5.92 Å². The van der Waals surface area contributed by atoms with Gasteiger partial charge in [0, 0.05) is 31.9 Å². The first kappa shape index (κ1) is 18.1. The smallest absolute Gasteiger partial charge is 0.291 e. The number of hydrogen-bond donors (Lipinski definition) is 0. The summed E-state index contributed by atoms with van der Waals surface area (Å²) in [7, 11) is 0. The number of rotatable bonds is 2. The number of hydrogen-bond acceptors (Lipinski definition) is 6. The van der Waals surface area contributed by atoms with Gasteiger partial charge in [0.1, 0.15) is 5.82 Å². The van der Waals surface area contributed by atoms with Crippen molar-refractivity contribution in [3.63, 3.8) is 0 Å². The largest absolute Gasteiger partial charge is 0.378 e. The molecular formula is C20H27N5O2. The molecule has 2 aromatic heterocycles. The number of anilines is 1. The lowest BCUT2D eigenvalue weighted by Crippen LogP contribution is -2.41. The van der Waals surface area contributed by atoms with Gasteiger partial charge in [-0.1, -0.05) is 6.92 Å². The summed E-state index contributed by atoms with van der Waals surface area (Å²) in [6.07, 6.45) is 2.20. The van der Waals surface area contributed by atoms with Crippen molar-refractivity contribution in [3.8, 4) is 0 Å². The molecule has 1 amide bonds. The first-order valence-electron chi connectivity index (χ1n) is 9.81. The van der Waals surface area contributed by atoms with E-state index < -0.39 is 0 Å². The van der Waals surface area contributed by atoms with Crippen molar-refractivity contribution < 1.29 is 9.53 Å². The van der Waals surface area contributed by atoms with Crippen LogP contribution in [0.5, 0.6) is 0 Å². The lowest BCUT2D eigenvalue weighted by atomic mass is 10.0. The van der Waals surface area contributed by atoms with Crippen LogP contribution >= 0.6 is 0 Å². The molecule has 2 aromatic rings. The van der Waals surface area contributed by atoms with E-state index in [-0.39, 0.29) is 11.7 Å². The third-order valence-electron chi connectivity index (χ3n) is 5.42. The van der Waals surface area contributed by atoms with E-state index in [2.05, 4.69) is 28.7 Å². The van der Waals surface area contributed by atoms with Gasteiger partial charge in [-0.2, -0.15) is 0 Å². The fourth-order valence-corrected chi connectivity index (χ4v) is 4.07. The molecule has 0 aromatic carbocycles. The van der Waals surface area contributed by atoms with Crippen LogP contribution in [0.25, 0.3) is 11.0 Å². The number of piperidine rings is 1. The summed E-state index contributed by atoms with van der Waals surface area (Å²) >= 11 is 0. The Hall–Kier alpha value is -2.28. The average Bonchev–Trinajstić information content (AvgIpc) is 2.67. The molecule has 0 aliphatic carbocycles. The SMILES string of the molecule is Cc1cc(C)c2c(N3CCOCC3)nc(C(=O)N3CCC[C@@H](C)C3)nc2n1. The molecule has 7 nitrogen and oxygen atoms in total. The first-order valence-corrected chi connectivity index (χ1v) is 9.81. The number of aromatic nitrogens is 3. The minimum Gasteiger partial charge on any atom is -0.378 e. The van der Waals surface area contributed by atoms with Crippen molar-refractivity contribution in [1.82, 2.24) is 19.9 Å². The van der Waals surface area contributed by atoms with Crippen molar-refractivity contribution in [3.05, 3.63) is 23.1 Å². The van der Waals surface area contributed by atoms with Gasteiger partial charge in [0.05, 0.1) is 18.6 Å². The topological polar surface area (TPSA) is 71.5 Å². The number of aryl methyl sites for hydroxylation is 2. The van der Waals surface area contributed by atoms with Crippen LogP contribution in [0.4, 0.5) is 5.82 Å². The second kappa shape index (κ2) is 7.38. The Morgan fingerprint density at radius 1 is 1.15 bits per heavy atom. The summed E-state index contributed by atoms with van der Waals surface area (Å²) in [6, 6.07) is 2.05. The first-order chi connectivity index (χ1) is 13.0. The summed E-state index contributed by atoms with van der Waals surface area (Å²) < 4.78 is 5.49. The van der Waals surface area contributed by atoms with E-state index in [1.165, 1.54) is 6.42 Å². The van der Waals surface area contributed by atoms with Gasteiger partial charge in [-0.3, -0.25) is 4.79 Å². The van der Waals surface area contributed by atoms with Crippen molar-refractivity contribution in [2.75, 3.05) is 44.3 Å². The molecule has 1 atom stereocenters. The van der Waals surface area contributed by atoms with Crippen molar-refractivity contribution in [1.29, 1.82) is 0 Å². The molecule has 2 aliphatic rings. The zero-order valence-electron chi connectivity index (χ0n) is 16.4. The number of morpholine rings is 1. The Kier molecular flexibility index (Phi) is 4.95. The number of nitrogens with zero attached hydrogens (tertiary/aromatic N) is 5. The highest BCUT2D eigenvalue weighted by molar-refractivity contribution is 5.97. The number of carbonyl (C=O) groups excluding carboxylic acids is 1. The summed E-state index contributed by atoms with van der Waals surface area (Å²) in [6.45, 7) is 10.6. The molecule has 144 valence electrons. The predicted molar refractivity (Wildman–Crippen MR) is 104 cm³/mol. The number of amides is 1. The van der Waals surface area contributed by atoms with Crippen molar-refractivity contribution in [2.45, 2.75) is 33.6 Å². The Labute approximate surface area is 159 Å². The Balaban J connectivity index is 1.80. The molecule has 0 radical (unpaired) electrons. The minimum atomic E-state index is -0.0843. The molecule has 2 aliphatic heterocycles. The molecule has 4 heterocycles. The molecule has 27 heavy (non-hydrogen) atoms. The molecule has 4 rings (SSSR count). The normalized spacial score (nSPS) is 20.9. The number of likely N-dealkylation sites (tertiary alicyclic amines) is 1. The summed E-state index contributed by atoms with van der Waals surface area (Å²) in [5, 5.41) is 0.936. The van der Waals surface area contributed by atoms with Gasteiger partial charge >= 0.3 is 0 Å².